The molecule has 1 amide bonds. The lowest BCUT2D eigenvalue weighted by Crippen LogP contribution is -2.49. The summed E-state index contributed by atoms with van der Waals surface area (Å²) < 4.78 is 25.2. The second kappa shape index (κ2) is 6.15. The number of aromatic amines is 1. The highest BCUT2D eigenvalue weighted by Gasteiger charge is 2.27. The highest BCUT2D eigenvalue weighted by Crippen LogP contribution is 2.16. The molecule has 0 aromatic carbocycles. The van der Waals surface area contributed by atoms with Gasteiger partial charge in [-0.1, -0.05) is 13.8 Å². The number of sulfonamides is 1. The molecule has 1 atom stereocenters. The Morgan fingerprint density at radius 1 is 1.52 bits per heavy atom. The SMILES string of the molecule is CC(C)c1cc(C(=O)N2CCC[C@@H](NS(C)(=O)=O)C2)n[nH]1. The number of H-pyrrole nitrogens is 1. The number of aromatic nitrogens is 2. The van der Waals surface area contributed by atoms with Gasteiger partial charge in [0.05, 0.1) is 6.26 Å². The summed E-state index contributed by atoms with van der Waals surface area (Å²) in [7, 11) is -3.25. The van der Waals surface area contributed by atoms with E-state index >= 15 is 0 Å². The molecule has 7 nitrogen and oxygen atoms in total. The van der Waals surface area contributed by atoms with Gasteiger partial charge in [-0.2, -0.15) is 5.10 Å². The minimum atomic E-state index is -3.25. The predicted molar refractivity (Wildman–Crippen MR) is 79.6 cm³/mol. The van der Waals surface area contributed by atoms with Gasteiger partial charge in [-0.3, -0.25) is 9.89 Å². The number of likely N-dealkylation sites (tertiary alicyclic amines) is 1. The van der Waals surface area contributed by atoms with Gasteiger partial charge in [0.25, 0.3) is 5.91 Å². The van der Waals surface area contributed by atoms with E-state index in [2.05, 4.69) is 14.9 Å². The van der Waals surface area contributed by atoms with Crippen molar-refractivity contribution in [2.75, 3.05) is 19.3 Å². The number of hydrogen-bond acceptors (Lipinski definition) is 4. The molecule has 0 radical (unpaired) electrons. The zero-order valence-electron chi connectivity index (χ0n) is 12.6. The Morgan fingerprint density at radius 3 is 2.81 bits per heavy atom. The van der Waals surface area contributed by atoms with Gasteiger partial charge < -0.3 is 4.90 Å². The van der Waals surface area contributed by atoms with Gasteiger partial charge in [0.2, 0.25) is 10.0 Å². The Hall–Kier alpha value is -1.41. The summed E-state index contributed by atoms with van der Waals surface area (Å²) in [6.07, 6.45) is 2.66. The van der Waals surface area contributed by atoms with E-state index in [-0.39, 0.29) is 17.9 Å². The van der Waals surface area contributed by atoms with Gasteiger partial charge in [-0.25, -0.2) is 13.1 Å². The number of rotatable bonds is 4. The number of amides is 1. The largest absolute Gasteiger partial charge is 0.336 e. The van der Waals surface area contributed by atoms with E-state index < -0.39 is 10.0 Å². The van der Waals surface area contributed by atoms with Crippen LogP contribution in [-0.4, -0.2) is 54.8 Å². The molecule has 0 spiro atoms. The van der Waals surface area contributed by atoms with Crippen molar-refractivity contribution in [1.82, 2.24) is 19.8 Å². The monoisotopic (exact) mass is 314 g/mol. The number of nitrogens with zero attached hydrogens (tertiary/aromatic N) is 2. The molecule has 2 heterocycles. The number of nitrogens with one attached hydrogen (secondary N) is 2. The van der Waals surface area contributed by atoms with E-state index in [1.54, 1.807) is 11.0 Å². The highest BCUT2D eigenvalue weighted by atomic mass is 32.2. The maximum Gasteiger partial charge on any atom is 0.274 e. The maximum atomic E-state index is 12.4. The summed E-state index contributed by atoms with van der Waals surface area (Å²) in [6.45, 7) is 5.06. The summed E-state index contributed by atoms with van der Waals surface area (Å²) in [4.78, 5) is 14.1. The fourth-order valence-corrected chi connectivity index (χ4v) is 3.26. The predicted octanol–water partition coefficient (Wildman–Crippen LogP) is 0.687. The van der Waals surface area contributed by atoms with E-state index in [0.717, 1.165) is 24.8 Å². The van der Waals surface area contributed by atoms with Crippen molar-refractivity contribution >= 4 is 15.9 Å². The van der Waals surface area contributed by atoms with Gasteiger partial charge in [0.1, 0.15) is 5.69 Å². The van der Waals surface area contributed by atoms with Crippen LogP contribution in [0.4, 0.5) is 0 Å². The molecule has 2 N–H and O–H groups in total. The molecule has 21 heavy (non-hydrogen) atoms. The van der Waals surface area contributed by atoms with Crippen LogP contribution in [0.2, 0.25) is 0 Å². The van der Waals surface area contributed by atoms with E-state index in [0.29, 0.717) is 18.8 Å². The molecule has 1 aliphatic rings. The van der Waals surface area contributed by atoms with E-state index in [1.807, 2.05) is 13.8 Å². The van der Waals surface area contributed by atoms with Crippen molar-refractivity contribution in [3.05, 3.63) is 17.5 Å². The Kier molecular flexibility index (Phi) is 4.67. The third-order valence-electron chi connectivity index (χ3n) is 3.53. The fraction of sp³-hybridized carbons (Fsp3) is 0.692. The van der Waals surface area contributed by atoms with Crippen LogP contribution in [0, 0.1) is 0 Å². The van der Waals surface area contributed by atoms with Crippen LogP contribution in [0.3, 0.4) is 0 Å². The van der Waals surface area contributed by atoms with Crippen LogP contribution < -0.4 is 4.72 Å². The minimum absolute atomic E-state index is 0.154. The molecule has 8 heteroatoms. The number of carbonyl (C=O) groups excluding carboxylic acids is 1. The molecule has 0 unspecified atom stereocenters. The van der Waals surface area contributed by atoms with E-state index in [1.165, 1.54) is 0 Å². The second-order valence-corrected chi connectivity index (χ2v) is 7.62. The van der Waals surface area contributed by atoms with Crippen LogP contribution in [0.25, 0.3) is 0 Å². The maximum absolute atomic E-state index is 12.4. The van der Waals surface area contributed by atoms with E-state index in [4.69, 9.17) is 0 Å². The Balaban J connectivity index is 2.04. The quantitative estimate of drug-likeness (QED) is 0.854. The lowest BCUT2D eigenvalue weighted by atomic mass is 10.1. The smallest absolute Gasteiger partial charge is 0.274 e. The first kappa shape index (κ1) is 16.0. The molecule has 1 fully saturated rings. The molecule has 2 rings (SSSR count). The van der Waals surface area contributed by atoms with Crippen LogP contribution in [0.15, 0.2) is 6.07 Å². The van der Waals surface area contributed by atoms with Gasteiger partial charge in [-0.05, 0) is 24.8 Å². The van der Waals surface area contributed by atoms with Crippen molar-refractivity contribution < 1.29 is 13.2 Å². The normalized spacial score (nSPS) is 20.0. The lowest BCUT2D eigenvalue weighted by Gasteiger charge is -2.32. The average Bonchev–Trinajstić information content (AvgIpc) is 2.85. The summed E-state index contributed by atoms with van der Waals surface area (Å²) in [5, 5.41) is 6.92. The fourth-order valence-electron chi connectivity index (χ4n) is 2.46. The molecule has 118 valence electrons. The molecule has 1 saturated heterocycles. The molecule has 0 saturated carbocycles. The van der Waals surface area contributed by atoms with Gasteiger partial charge in [0, 0.05) is 24.8 Å². The summed E-state index contributed by atoms with van der Waals surface area (Å²) in [5.74, 6) is 0.123. The van der Waals surface area contributed by atoms with Crippen molar-refractivity contribution in [1.29, 1.82) is 0 Å². The first-order chi connectivity index (χ1) is 9.76. The van der Waals surface area contributed by atoms with Crippen LogP contribution in [0.1, 0.15) is 48.8 Å². The Morgan fingerprint density at radius 2 is 2.24 bits per heavy atom. The number of carbonyl (C=O) groups is 1. The first-order valence-electron chi connectivity index (χ1n) is 7.08. The van der Waals surface area contributed by atoms with Crippen LogP contribution >= 0.6 is 0 Å². The highest BCUT2D eigenvalue weighted by molar-refractivity contribution is 7.88. The summed E-state index contributed by atoms with van der Waals surface area (Å²) in [5.41, 5.74) is 1.31. The van der Waals surface area contributed by atoms with Crippen LogP contribution in [-0.2, 0) is 10.0 Å². The van der Waals surface area contributed by atoms with Gasteiger partial charge >= 0.3 is 0 Å². The van der Waals surface area contributed by atoms with Gasteiger partial charge in [0.15, 0.2) is 0 Å². The third-order valence-corrected chi connectivity index (χ3v) is 4.29. The molecule has 1 aromatic heterocycles. The molecule has 0 aliphatic carbocycles. The molecular formula is C13H22N4O3S. The first-order valence-corrected chi connectivity index (χ1v) is 8.97. The number of piperidine rings is 1. The molecular weight excluding hydrogens is 292 g/mol. The Labute approximate surface area is 125 Å². The zero-order chi connectivity index (χ0) is 15.6. The average molecular weight is 314 g/mol. The van der Waals surface area contributed by atoms with E-state index in [9.17, 15) is 13.2 Å². The lowest BCUT2D eigenvalue weighted by molar-refractivity contribution is 0.0697. The third kappa shape index (κ3) is 4.28. The topological polar surface area (TPSA) is 95.2 Å². The Bertz CT molecular complexity index is 609. The molecule has 0 bridgehead atoms. The number of hydrogen-bond donors (Lipinski definition) is 2. The zero-order valence-corrected chi connectivity index (χ0v) is 13.4. The molecule has 1 aliphatic heterocycles. The second-order valence-electron chi connectivity index (χ2n) is 5.84. The van der Waals surface area contributed by atoms with Crippen molar-refractivity contribution in [3.8, 4) is 0 Å². The van der Waals surface area contributed by atoms with Crippen molar-refractivity contribution in [3.63, 3.8) is 0 Å². The van der Waals surface area contributed by atoms with Crippen LogP contribution in [0.5, 0.6) is 0 Å². The molecule has 1 aromatic rings. The summed E-state index contributed by atoms with van der Waals surface area (Å²) >= 11 is 0. The summed E-state index contributed by atoms with van der Waals surface area (Å²) in [6, 6.07) is 1.54. The minimum Gasteiger partial charge on any atom is -0.336 e. The van der Waals surface area contributed by atoms with Gasteiger partial charge in [-0.15, -0.1) is 0 Å². The van der Waals surface area contributed by atoms with Crippen molar-refractivity contribution in [2.45, 2.75) is 38.6 Å². The van der Waals surface area contributed by atoms with Crippen molar-refractivity contribution in [2.24, 2.45) is 0 Å². The standard InChI is InChI=1S/C13H22N4O3S/c1-9(2)11-7-12(15-14-11)13(18)17-6-4-5-10(8-17)16-21(3,19)20/h7,9-10,16H,4-6,8H2,1-3H3,(H,14,15)/t10-/m1/s1.